The van der Waals surface area contributed by atoms with Gasteiger partial charge in [0, 0.05) is 24.0 Å². The smallest absolute Gasteiger partial charge is 0.226 e. The molecule has 2 rings (SSSR count). The summed E-state index contributed by atoms with van der Waals surface area (Å²) in [5.74, 6) is 0.898. The molecule has 0 bridgehead atoms. The number of carbonyl (C=O) groups excluding carboxylic acids is 1. The van der Waals surface area contributed by atoms with Crippen LogP contribution in [0.4, 0.5) is 0 Å². The molecule has 1 amide bonds. The highest BCUT2D eigenvalue weighted by Crippen LogP contribution is 2.35. The summed E-state index contributed by atoms with van der Waals surface area (Å²) < 4.78 is 0. The molecule has 2 aliphatic rings. The number of carbonyl (C=O) groups is 1. The fourth-order valence-electron chi connectivity index (χ4n) is 3.81. The summed E-state index contributed by atoms with van der Waals surface area (Å²) in [6.45, 7) is 6.55. The fourth-order valence-corrected chi connectivity index (χ4v) is 3.81. The lowest BCUT2D eigenvalue weighted by Gasteiger charge is -2.38. The first-order valence-electron chi connectivity index (χ1n) is 7.64. The van der Waals surface area contributed by atoms with Crippen molar-refractivity contribution in [2.24, 2.45) is 17.6 Å². The van der Waals surface area contributed by atoms with E-state index in [1.165, 1.54) is 6.42 Å². The normalized spacial score (nSPS) is 41.1. The summed E-state index contributed by atoms with van der Waals surface area (Å²) in [6, 6.07) is 1.11. The Labute approximate surface area is 111 Å². The molecule has 0 radical (unpaired) electrons. The van der Waals surface area contributed by atoms with E-state index in [4.69, 9.17) is 5.73 Å². The second-order valence-corrected chi connectivity index (χ2v) is 6.29. The van der Waals surface area contributed by atoms with Crippen LogP contribution in [0.15, 0.2) is 0 Å². The maximum atomic E-state index is 12.8. The van der Waals surface area contributed by atoms with Gasteiger partial charge in [-0.1, -0.05) is 20.3 Å². The van der Waals surface area contributed by atoms with E-state index in [2.05, 4.69) is 25.7 Å². The van der Waals surface area contributed by atoms with Crippen LogP contribution in [-0.2, 0) is 4.79 Å². The monoisotopic (exact) mass is 252 g/mol. The minimum Gasteiger partial charge on any atom is -0.337 e. The summed E-state index contributed by atoms with van der Waals surface area (Å²) in [7, 11) is 0. The molecular weight excluding hydrogens is 224 g/mol. The van der Waals surface area contributed by atoms with E-state index in [0.29, 0.717) is 23.9 Å². The fraction of sp³-hybridized carbons (Fsp3) is 0.933. The zero-order valence-electron chi connectivity index (χ0n) is 12.1. The van der Waals surface area contributed by atoms with Crippen LogP contribution in [0.25, 0.3) is 0 Å². The van der Waals surface area contributed by atoms with Crippen molar-refractivity contribution in [1.29, 1.82) is 0 Å². The molecule has 1 heterocycles. The molecule has 1 aliphatic heterocycles. The number of rotatable bonds is 2. The predicted molar refractivity (Wildman–Crippen MR) is 74.1 cm³/mol. The molecule has 3 nitrogen and oxygen atoms in total. The molecule has 5 unspecified atom stereocenters. The minimum absolute atomic E-state index is 0.170. The Balaban J connectivity index is 2.09. The highest BCUT2D eigenvalue weighted by molar-refractivity contribution is 5.80. The lowest BCUT2D eigenvalue weighted by atomic mass is 9.76. The maximum absolute atomic E-state index is 12.8. The SMILES string of the molecule is CCC1CCC(C)N1C(=O)C1CCCC(N)C1C. The van der Waals surface area contributed by atoms with Gasteiger partial charge >= 0.3 is 0 Å². The minimum atomic E-state index is 0.170. The van der Waals surface area contributed by atoms with Gasteiger partial charge in [0.2, 0.25) is 5.91 Å². The average molecular weight is 252 g/mol. The molecule has 2 N–H and O–H groups in total. The predicted octanol–water partition coefficient (Wildman–Crippen LogP) is 2.54. The summed E-state index contributed by atoms with van der Waals surface area (Å²) in [6.07, 6.45) is 6.66. The standard InChI is InChI=1S/C15H28N2O/c1-4-12-9-8-10(2)17(12)15(18)13-6-5-7-14(16)11(13)3/h10-14H,4-9,16H2,1-3H3. The molecule has 1 saturated carbocycles. The summed E-state index contributed by atoms with van der Waals surface area (Å²) >= 11 is 0. The number of nitrogens with two attached hydrogens (primary N) is 1. The molecule has 0 spiro atoms. The Morgan fingerprint density at radius 3 is 2.61 bits per heavy atom. The Morgan fingerprint density at radius 1 is 1.22 bits per heavy atom. The number of nitrogens with zero attached hydrogens (tertiary/aromatic N) is 1. The molecule has 104 valence electrons. The summed E-state index contributed by atoms with van der Waals surface area (Å²) in [4.78, 5) is 15.0. The quantitative estimate of drug-likeness (QED) is 0.821. The average Bonchev–Trinajstić information content (AvgIpc) is 2.73. The van der Waals surface area contributed by atoms with Crippen molar-refractivity contribution < 1.29 is 4.79 Å². The lowest BCUT2D eigenvalue weighted by Crippen LogP contribution is -2.49. The van der Waals surface area contributed by atoms with E-state index < -0.39 is 0 Å². The molecule has 3 heteroatoms. The molecule has 2 fully saturated rings. The highest BCUT2D eigenvalue weighted by atomic mass is 16.2. The van der Waals surface area contributed by atoms with Crippen LogP contribution in [0.2, 0.25) is 0 Å². The number of hydrogen-bond donors (Lipinski definition) is 1. The van der Waals surface area contributed by atoms with Gasteiger partial charge in [0.05, 0.1) is 0 Å². The van der Waals surface area contributed by atoms with Gasteiger partial charge in [-0.2, -0.15) is 0 Å². The van der Waals surface area contributed by atoms with Gasteiger partial charge in [0.15, 0.2) is 0 Å². The first kappa shape index (κ1) is 13.9. The second kappa shape index (κ2) is 5.60. The Hall–Kier alpha value is -0.570. The van der Waals surface area contributed by atoms with Crippen molar-refractivity contribution in [3.05, 3.63) is 0 Å². The zero-order valence-corrected chi connectivity index (χ0v) is 12.1. The molecule has 18 heavy (non-hydrogen) atoms. The summed E-state index contributed by atoms with van der Waals surface area (Å²) in [5.41, 5.74) is 6.14. The van der Waals surface area contributed by atoms with Gasteiger partial charge in [-0.25, -0.2) is 0 Å². The van der Waals surface area contributed by atoms with E-state index in [0.717, 1.165) is 32.1 Å². The van der Waals surface area contributed by atoms with Crippen molar-refractivity contribution >= 4 is 5.91 Å². The van der Waals surface area contributed by atoms with Crippen LogP contribution in [0.5, 0.6) is 0 Å². The Bertz CT molecular complexity index is 305. The van der Waals surface area contributed by atoms with Gasteiger partial charge in [0.1, 0.15) is 0 Å². The van der Waals surface area contributed by atoms with Crippen molar-refractivity contribution in [1.82, 2.24) is 4.90 Å². The van der Waals surface area contributed by atoms with Crippen molar-refractivity contribution in [2.75, 3.05) is 0 Å². The van der Waals surface area contributed by atoms with Gasteiger partial charge in [-0.15, -0.1) is 0 Å². The van der Waals surface area contributed by atoms with Crippen molar-refractivity contribution in [3.8, 4) is 0 Å². The molecule has 0 aromatic carbocycles. The molecular formula is C15H28N2O. The van der Waals surface area contributed by atoms with Crippen LogP contribution in [-0.4, -0.2) is 28.9 Å². The van der Waals surface area contributed by atoms with Gasteiger partial charge in [-0.3, -0.25) is 4.79 Å². The van der Waals surface area contributed by atoms with Crippen LogP contribution >= 0.6 is 0 Å². The maximum Gasteiger partial charge on any atom is 0.226 e. The number of hydrogen-bond acceptors (Lipinski definition) is 2. The van der Waals surface area contributed by atoms with Crippen molar-refractivity contribution in [3.63, 3.8) is 0 Å². The third kappa shape index (κ3) is 2.42. The topological polar surface area (TPSA) is 46.3 Å². The van der Waals surface area contributed by atoms with E-state index in [1.54, 1.807) is 0 Å². The molecule has 0 aromatic rings. The first-order chi connectivity index (χ1) is 8.56. The third-order valence-electron chi connectivity index (χ3n) is 5.19. The Kier molecular flexibility index (Phi) is 4.31. The van der Waals surface area contributed by atoms with Crippen LogP contribution < -0.4 is 5.73 Å². The van der Waals surface area contributed by atoms with E-state index in [9.17, 15) is 4.79 Å². The van der Waals surface area contributed by atoms with Crippen LogP contribution in [0.3, 0.4) is 0 Å². The molecule has 1 saturated heterocycles. The summed E-state index contributed by atoms with van der Waals surface area (Å²) in [5, 5.41) is 0. The number of amides is 1. The van der Waals surface area contributed by atoms with Gasteiger partial charge in [-0.05, 0) is 44.9 Å². The lowest BCUT2D eigenvalue weighted by molar-refractivity contribution is -0.141. The number of likely N-dealkylation sites (tertiary alicyclic amines) is 1. The van der Waals surface area contributed by atoms with E-state index in [1.807, 2.05) is 0 Å². The highest BCUT2D eigenvalue weighted by Gasteiger charge is 2.40. The molecule has 1 aliphatic carbocycles. The molecule has 5 atom stereocenters. The zero-order chi connectivity index (χ0) is 13.3. The largest absolute Gasteiger partial charge is 0.337 e. The second-order valence-electron chi connectivity index (χ2n) is 6.29. The van der Waals surface area contributed by atoms with Gasteiger partial charge in [0.25, 0.3) is 0 Å². The Morgan fingerprint density at radius 2 is 1.94 bits per heavy atom. The first-order valence-corrected chi connectivity index (χ1v) is 7.64. The van der Waals surface area contributed by atoms with E-state index in [-0.39, 0.29) is 12.0 Å². The van der Waals surface area contributed by atoms with Crippen molar-refractivity contribution in [2.45, 2.75) is 77.4 Å². The van der Waals surface area contributed by atoms with E-state index >= 15 is 0 Å². The third-order valence-corrected chi connectivity index (χ3v) is 5.19. The molecule has 0 aromatic heterocycles. The van der Waals surface area contributed by atoms with Crippen LogP contribution in [0.1, 0.15) is 59.3 Å². The van der Waals surface area contributed by atoms with Crippen LogP contribution in [0, 0.1) is 11.8 Å². The van der Waals surface area contributed by atoms with Gasteiger partial charge < -0.3 is 10.6 Å².